The van der Waals surface area contributed by atoms with Crippen molar-refractivity contribution in [3.8, 4) is 17.2 Å². The number of fused-ring (bicyclic) bond motifs is 2. The van der Waals surface area contributed by atoms with Crippen LogP contribution in [0.1, 0.15) is 50.4 Å². The number of hydrogen-bond acceptors (Lipinski definition) is 8. The summed E-state index contributed by atoms with van der Waals surface area (Å²) in [6.45, 7) is 7.96. The number of nitrogens with zero attached hydrogens (tertiary/aromatic N) is 2. The zero-order chi connectivity index (χ0) is 33.9. The van der Waals surface area contributed by atoms with Gasteiger partial charge in [0, 0.05) is 5.56 Å². The second-order valence-electron chi connectivity index (χ2n) is 11.5. The molecular weight excluding hydrogens is 739 g/mol. The number of allylic oxidation sites excluding steroid dienone is 1. The fourth-order valence-corrected chi connectivity index (χ4v) is 7.66. The van der Waals surface area contributed by atoms with Gasteiger partial charge in [-0.25, -0.2) is 9.79 Å². The van der Waals surface area contributed by atoms with Gasteiger partial charge in [0.15, 0.2) is 16.3 Å². The molecule has 0 spiro atoms. The van der Waals surface area contributed by atoms with Gasteiger partial charge in [-0.15, -0.1) is 0 Å². The molecule has 1 aromatic heterocycles. The lowest BCUT2D eigenvalue weighted by Gasteiger charge is -2.26. The first-order valence-corrected chi connectivity index (χ1v) is 17.5. The summed E-state index contributed by atoms with van der Waals surface area (Å²) in [6, 6.07) is 24.9. The minimum Gasteiger partial charge on any atom is -0.493 e. The van der Waals surface area contributed by atoms with Crippen LogP contribution >= 0.6 is 33.9 Å². The highest BCUT2D eigenvalue weighted by Crippen LogP contribution is 2.37. The number of para-hydroxylation sites is 1. The first kappa shape index (κ1) is 33.5. The van der Waals surface area contributed by atoms with Crippen LogP contribution in [0, 0.1) is 3.57 Å². The Hall–Kier alpha value is -4.42. The smallest absolute Gasteiger partial charge is 0.338 e. The second-order valence-corrected chi connectivity index (χ2v) is 13.6. The Balaban J connectivity index is 1.42. The van der Waals surface area contributed by atoms with E-state index in [1.54, 1.807) is 25.5 Å². The average Bonchev–Trinajstić information content (AvgIpc) is 3.37. The van der Waals surface area contributed by atoms with Gasteiger partial charge in [-0.1, -0.05) is 72.0 Å². The van der Waals surface area contributed by atoms with E-state index < -0.39 is 12.0 Å². The summed E-state index contributed by atoms with van der Waals surface area (Å²) in [6.07, 6.45) is 1.70. The lowest BCUT2D eigenvalue weighted by atomic mass is 9.95. The van der Waals surface area contributed by atoms with Crippen LogP contribution in [0.15, 0.2) is 99.9 Å². The van der Waals surface area contributed by atoms with Crippen molar-refractivity contribution in [2.45, 2.75) is 46.4 Å². The highest BCUT2D eigenvalue weighted by Gasteiger charge is 2.35. The Morgan fingerprint density at radius 2 is 1.79 bits per heavy atom. The Morgan fingerprint density at radius 1 is 1.04 bits per heavy atom. The number of halogens is 1. The van der Waals surface area contributed by atoms with Gasteiger partial charge in [0.25, 0.3) is 5.56 Å². The molecule has 0 N–H and O–H groups in total. The van der Waals surface area contributed by atoms with Crippen LogP contribution in [-0.4, -0.2) is 30.4 Å². The number of carbonyl (C=O) groups excluding carboxylic acids is 1. The van der Waals surface area contributed by atoms with E-state index in [9.17, 15) is 9.59 Å². The number of benzene rings is 4. The maximum absolute atomic E-state index is 14.2. The first-order valence-electron chi connectivity index (χ1n) is 15.6. The number of carbonyl (C=O) groups is 1. The third-order valence-electron chi connectivity index (χ3n) is 7.89. The normalized spacial score (nSPS) is 14.6. The molecule has 0 saturated heterocycles. The molecule has 1 atom stereocenters. The van der Waals surface area contributed by atoms with E-state index in [0.29, 0.717) is 50.0 Å². The van der Waals surface area contributed by atoms with Gasteiger partial charge in [0.1, 0.15) is 18.4 Å². The number of methoxy groups -OCH3 is 1. The van der Waals surface area contributed by atoms with Gasteiger partial charge >= 0.3 is 5.97 Å². The monoisotopic (exact) mass is 774 g/mol. The zero-order valence-electron chi connectivity index (χ0n) is 27.3. The maximum Gasteiger partial charge on any atom is 0.338 e. The molecule has 0 saturated carbocycles. The Bertz CT molecular complexity index is 2230. The fraction of sp³-hybridized carbons (Fsp3) is 0.237. The molecule has 0 aliphatic carbocycles. The SMILES string of the molecule is CCOC(=O)C1=C(C)N=c2s/c(=C/c3cc(I)c(OCc4cccc5ccccc45)c(OC)c3)c(=O)n2[C@H]1c1ccccc1OC(C)C. The third-order valence-corrected chi connectivity index (χ3v) is 9.68. The molecule has 0 amide bonds. The molecule has 0 unspecified atom stereocenters. The molecule has 10 heteroatoms. The largest absolute Gasteiger partial charge is 0.493 e. The van der Waals surface area contributed by atoms with Crippen LogP contribution in [0.4, 0.5) is 0 Å². The third kappa shape index (κ3) is 6.64. The number of ether oxygens (including phenoxy) is 4. The molecule has 5 aromatic rings. The molecule has 0 bridgehead atoms. The summed E-state index contributed by atoms with van der Waals surface area (Å²) in [5.41, 5.74) is 3.04. The van der Waals surface area contributed by atoms with Crippen molar-refractivity contribution < 1.29 is 23.7 Å². The summed E-state index contributed by atoms with van der Waals surface area (Å²) in [5.74, 6) is 1.25. The lowest BCUT2D eigenvalue weighted by molar-refractivity contribution is -0.139. The molecule has 6 rings (SSSR count). The van der Waals surface area contributed by atoms with Crippen molar-refractivity contribution in [2.24, 2.45) is 4.99 Å². The summed E-state index contributed by atoms with van der Waals surface area (Å²) < 4.78 is 26.6. The van der Waals surface area contributed by atoms with Crippen LogP contribution in [0.5, 0.6) is 17.2 Å². The van der Waals surface area contributed by atoms with Crippen LogP contribution in [0.2, 0.25) is 0 Å². The molecule has 1 aliphatic heterocycles. The van der Waals surface area contributed by atoms with E-state index in [0.717, 1.165) is 25.5 Å². The van der Waals surface area contributed by atoms with E-state index >= 15 is 0 Å². The molecule has 2 heterocycles. The van der Waals surface area contributed by atoms with Crippen molar-refractivity contribution in [3.05, 3.63) is 130 Å². The Kier molecular flexibility index (Phi) is 10.0. The Labute approximate surface area is 296 Å². The van der Waals surface area contributed by atoms with E-state index in [-0.39, 0.29) is 18.3 Å². The minimum absolute atomic E-state index is 0.116. The average molecular weight is 775 g/mol. The van der Waals surface area contributed by atoms with Gasteiger partial charge in [-0.05, 0) is 96.5 Å². The lowest BCUT2D eigenvalue weighted by Crippen LogP contribution is -2.40. The van der Waals surface area contributed by atoms with Crippen molar-refractivity contribution >= 4 is 56.7 Å². The van der Waals surface area contributed by atoms with Crippen LogP contribution in [-0.2, 0) is 16.1 Å². The van der Waals surface area contributed by atoms with Crippen LogP contribution < -0.4 is 29.1 Å². The molecule has 0 fully saturated rings. The predicted molar refractivity (Wildman–Crippen MR) is 197 cm³/mol. The highest BCUT2D eigenvalue weighted by molar-refractivity contribution is 14.1. The summed E-state index contributed by atoms with van der Waals surface area (Å²) in [5, 5.41) is 2.29. The van der Waals surface area contributed by atoms with Crippen molar-refractivity contribution in [1.82, 2.24) is 4.57 Å². The molecule has 4 aromatic carbocycles. The summed E-state index contributed by atoms with van der Waals surface area (Å²) in [4.78, 5) is 32.8. The summed E-state index contributed by atoms with van der Waals surface area (Å²) in [7, 11) is 1.60. The molecule has 1 aliphatic rings. The van der Waals surface area contributed by atoms with E-state index in [1.807, 2.05) is 74.5 Å². The van der Waals surface area contributed by atoms with E-state index in [1.165, 1.54) is 11.3 Å². The van der Waals surface area contributed by atoms with Gasteiger partial charge in [-0.2, -0.15) is 0 Å². The van der Waals surface area contributed by atoms with Crippen molar-refractivity contribution in [1.29, 1.82) is 0 Å². The van der Waals surface area contributed by atoms with Crippen LogP contribution in [0.25, 0.3) is 16.8 Å². The van der Waals surface area contributed by atoms with Gasteiger partial charge in [0.05, 0.1) is 39.2 Å². The number of esters is 1. The van der Waals surface area contributed by atoms with Gasteiger partial charge in [-0.3, -0.25) is 9.36 Å². The predicted octanol–water partition coefficient (Wildman–Crippen LogP) is 6.93. The van der Waals surface area contributed by atoms with E-state index in [4.69, 9.17) is 23.9 Å². The standard InChI is InChI=1S/C38H35IN2O6S/c1-6-45-37(43)33-23(4)40-38-41(34(33)28-16-9-10-17-30(28)47-22(2)3)36(42)32(48-38)20-24-18-29(39)35(31(19-24)44-5)46-21-26-14-11-13-25-12-7-8-15-27(25)26/h7-20,22,34H,6,21H2,1-5H3/b32-20+/t34-/m0/s1. The van der Waals surface area contributed by atoms with Gasteiger partial charge in [0.2, 0.25) is 0 Å². The molecule has 246 valence electrons. The maximum atomic E-state index is 14.2. The van der Waals surface area contributed by atoms with E-state index in [2.05, 4.69) is 46.9 Å². The topological polar surface area (TPSA) is 88.4 Å². The number of hydrogen-bond donors (Lipinski definition) is 0. The minimum atomic E-state index is -0.781. The fourth-order valence-electron chi connectivity index (χ4n) is 5.84. The number of aromatic nitrogens is 1. The number of rotatable bonds is 10. The van der Waals surface area contributed by atoms with Gasteiger partial charge < -0.3 is 18.9 Å². The highest BCUT2D eigenvalue weighted by atomic mass is 127. The molecule has 0 radical (unpaired) electrons. The number of thiazole rings is 1. The molecule has 8 nitrogen and oxygen atoms in total. The zero-order valence-corrected chi connectivity index (χ0v) is 30.3. The molecular formula is C38H35IN2O6S. The first-order chi connectivity index (χ1) is 23.2. The van der Waals surface area contributed by atoms with Crippen molar-refractivity contribution in [3.63, 3.8) is 0 Å². The summed E-state index contributed by atoms with van der Waals surface area (Å²) >= 11 is 3.50. The Morgan fingerprint density at radius 3 is 2.56 bits per heavy atom. The molecule has 48 heavy (non-hydrogen) atoms. The van der Waals surface area contributed by atoms with Crippen molar-refractivity contribution in [2.75, 3.05) is 13.7 Å². The van der Waals surface area contributed by atoms with Crippen LogP contribution in [0.3, 0.4) is 0 Å². The second kappa shape index (κ2) is 14.4. The quantitative estimate of drug-likeness (QED) is 0.113.